The molecule has 11 heavy (non-hydrogen) atoms. The fourth-order valence-corrected chi connectivity index (χ4v) is 1.39. The summed E-state index contributed by atoms with van der Waals surface area (Å²) >= 11 is 1.16. The van der Waals surface area contributed by atoms with E-state index >= 15 is 0 Å². The zero-order valence-corrected chi connectivity index (χ0v) is 9.81. The highest BCUT2D eigenvalue weighted by molar-refractivity contribution is 6.32. The summed E-state index contributed by atoms with van der Waals surface area (Å²) in [7, 11) is 0. The van der Waals surface area contributed by atoms with Gasteiger partial charge in [-0.05, 0) is 11.0 Å². The van der Waals surface area contributed by atoms with Crippen molar-refractivity contribution in [1.82, 2.24) is 0 Å². The minimum Gasteiger partial charge on any atom is -0.121 e. The van der Waals surface area contributed by atoms with Crippen molar-refractivity contribution in [2.24, 2.45) is 0 Å². The Morgan fingerprint density at radius 2 is 1.45 bits per heavy atom. The molecular weight excluding hydrogens is 147 g/mol. The monoisotopic (exact) mass is 162 g/mol. The molecule has 0 aliphatic heterocycles. The average Bonchev–Trinajstić information content (AvgIpc) is 1.86. The summed E-state index contributed by atoms with van der Waals surface area (Å²) in [5.41, 5.74) is 1.73. The normalized spacial score (nSPS) is 11.5. The van der Waals surface area contributed by atoms with Crippen LogP contribution in [0.1, 0.15) is 26.3 Å². The van der Waals surface area contributed by atoms with Gasteiger partial charge in [-0.25, -0.2) is 0 Å². The molecule has 0 saturated heterocycles. The molecule has 0 fully saturated rings. The number of hydrogen-bond donors (Lipinski definition) is 0. The topological polar surface area (TPSA) is 0 Å². The Labute approximate surface area is 77.1 Å². The number of benzene rings is 1. The van der Waals surface area contributed by atoms with Gasteiger partial charge in [-0.2, -0.15) is 0 Å². The van der Waals surface area contributed by atoms with Crippen LogP contribution in [0.5, 0.6) is 0 Å². The molecule has 0 amide bonds. The molecule has 0 saturated carbocycles. The second-order valence-corrected chi connectivity index (χ2v) is 5.27. The first kappa shape index (κ1) is 8.85. The van der Waals surface area contributed by atoms with Crippen molar-refractivity contribution < 1.29 is 0 Å². The van der Waals surface area contributed by atoms with Crippen LogP contribution in [-0.4, -0.2) is 16.3 Å². The summed E-state index contributed by atoms with van der Waals surface area (Å²) in [5, 5.41) is 0. The smallest absolute Gasteiger partial charge is 0.121 e. The second-order valence-electron chi connectivity index (χ2n) is 4.12. The Balaban J connectivity index is 2.99. The highest BCUT2D eigenvalue weighted by atomic mass is 27.0. The molecule has 0 aliphatic rings. The summed E-state index contributed by atoms with van der Waals surface area (Å²) < 4.78 is 1.47. The molecule has 1 rings (SSSR count). The van der Waals surface area contributed by atoms with Crippen LogP contribution in [0.3, 0.4) is 0 Å². The molecule has 0 spiro atoms. The minimum absolute atomic E-state index is 0.301. The SMILES string of the molecule is CC(C)(C)c1cc[c]([AlH2])cc1. The van der Waals surface area contributed by atoms with Crippen LogP contribution < -0.4 is 4.43 Å². The minimum atomic E-state index is 0.301. The molecule has 0 nitrogen and oxygen atoms in total. The van der Waals surface area contributed by atoms with Gasteiger partial charge in [0.25, 0.3) is 16.3 Å². The van der Waals surface area contributed by atoms with Crippen LogP contribution in [0.15, 0.2) is 24.3 Å². The third kappa shape index (κ3) is 2.36. The maximum Gasteiger partial charge on any atom is 0.258 e. The fraction of sp³-hybridized carbons (Fsp3) is 0.400. The van der Waals surface area contributed by atoms with Gasteiger partial charge in [0.1, 0.15) is 0 Å². The summed E-state index contributed by atoms with van der Waals surface area (Å²) in [5.74, 6) is 0. The van der Waals surface area contributed by atoms with Gasteiger partial charge in [0, 0.05) is 0 Å². The first-order chi connectivity index (χ1) is 5.00. The van der Waals surface area contributed by atoms with Gasteiger partial charge in [0.2, 0.25) is 0 Å². The van der Waals surface area contributed by atoms with Crippen molar-refractivity contribution in [2.45, 2.75) is 26.2 Å². The van der Waals surface area contributed by atoms with E-state index in [1.807, 2.05) is 0 Å². The van der Waals surface area contributed by atoms with Crippen molar-refractivity contribution in [3.63, 3.8) is 0 Å². The van der Waals surface area contributed by atoms with Gasteiger partial charge >= 0.3 is 0 Å². The van der Waals surface area contributed by atoms with Crippen molar-refractivity contribution in [1.29, 1.82) is 0 Å². The molecule has 0 unspecified atom stereocenters. The van der Waals surface area contributed by atoms with E-state index in [9.17, 15) is 0 Å². The van der Waals surface area contributed by atoms with Gasteiger partial charge < -0.3 is 0 Å². The molecule has 0 heterocycles. The van der Waals surface area contributed by atoms with Crippen molar-refractivity contribution in [3.8, 4) is 0 Å². The molecule has 58 valence electrons. The maximum atomic E-state index is 2.25. The number of rotatable bonds is 0. The van der Waals surface area contributed by atoms with Gasteiger partial charge in [0.15, 0.2) is 0 Å². The predicted octanol–water partition coefficient (Wildman–Crippen LogP) is 1.24. The Kier molecular flexibility index (Phi) is 2.42. The van der Waals surface area contributed by atoms with Crippen LogP contribution in [0, 0.1) is 0 Å². The van der Waals surface area contributed by atoms with Gasteiger partial charge in [-0.1, -0.05) is 45.0 Å². The van der Waals surface area contributed by atoms with E-state index in [2.05, 4.69) is 45.0 Å². The Bertz CT molecular complexity index is 228. The zero-order chi connectivity index (χ0) is 8.48. The van der Waals surface area contributed by atoms with Crippen LogP contribution in [0.2, 0.25) is 0 Å². The van der Waals surface area contributed by atoms with E-state index < -0.39 is 0 Å². The Morgan fingerprint density at radius 1 is 1.00 bits per heavy atom. The summed E-state index contributed by atoms with van der Waals surface area (Å²) in [6.45, 7) is 6.74. The van der Waals surface area contributed by atoms with Crippen LogP contribution in [-0.2, 0) is 5.41 Å². The largest absolute Gasteiger partial charge is 0.258 e. The molecule has 0 aliphatic carbocycles. The lowest BCUT2D eigenvalue weighted by Crippen LogP contribution is -2.12. The van der Waals surface area contributed by atoms with E-state index in [4.69, 9.17) is 0 Å². The van der Waals surface area contributed by atoms with Crippen LogP contribution in [0.25, 0.3) is 0 Å². The molecule has 0 bridgehead atoms. The van der Waals surface area contributed by atoms with Crippen molar-refractivity contribution in [3.05, 3.63) is 29.8 Å². The molecule has 0 N–H and O–H groups in total. The van der Waals surface area contributed by atoms with Crippen LogP contribution >= 0.6 is 0 Å². The average molecular weight is 162 g/mol. The van der Waals surface area contributed by atoms with E-state index in [-0.39, 0.29) is 0 Å². The maximum absolute atomic E-state index is 2.25. The quantitative estimate of drug-likeness (QED) is 0.503. The summed E-state index contributed by atoms with van der Waals surface area (Å²) in [4.78, 5) is 0. The molecule has 0 aromatic heterocycles. The molecule has 0 atom stereocenters. The zero-order valence-electron chi connectivity index (χ0n) is 7.81. The van der Waals surface area contributed by atoms with E-state index in [0.717, 1.165) is 16.3 Å². The lowest BCUT2D eigenvalue weighted by Gasteiger charge is -2.18. The standard InChI is InChI=1S/C10H13.Al.2H/c1-10(2,3)9-7-5-4-6-8-9;;;/h5-8H,1-3H3;;;. The Morgan fingerprint density at radius 3 is 1.82 bits per heavy atom. The lowest BCUT2D eigenvalue weighted by molar-refractivity contribution is 0.590. The third-order valence-electron chi connectivity index (χ3n) is 1.92. The predicted molar refractivity (Wildman–Crippen MR) is 53.3 cm³/mol. The molecule has 0 radical (unpaired) electrons. The first-order valence-corrected chi connectivity index (χ1v) is 5.07. The lowest BCUT2D eigenvalue weighted by atomic mass is 9.87. The van der Waals surface area contributed by atoms with Crippen molar-refractivity contribution >= 4 is 20.7 Å². The van der Waals surface area contributed by atoms with Crippen LogP contribution in [0.4, 0.5) is 0 Å². The molecule has 1 aromatic rings. The van der Waals surface area contributed by atoms with Crippen molar-refractivity contribution in [2.75, 3.05) is 0 Å². The van der Waals surface area contributed by atoms with E-state index in [1.165, 1.54) is 9.99 Å². The van der Waals surface area contributed by atoms with Gasteiger partial charge in [0.05, 0.1) is 0 Å². The second kappa shape index (κ2) is 3.01. The van der Waals surface area contributed by atoms with Gasteiger partial charge in [-0.3, -0.25) is 0 Å². The molecular formula is C10H15Al. The summed E-state index contributed by atoms with van der Waals surface area (Å²) in [6.07, 6.45) is 0. The molecule has 1 heteroatoms. The highest BCUT2D eigenvalue weighted by Gasteiger charge is 2.11. The first-order valence-electron chi connectivity index (χ1n) is 4.07. The Hall–Kier alpha value is -0.248. The third-order valence-corrected chi connectivity index (χ3v) is 2.58. The number of hydrogen-bond acceptors (Lipinski definition) is 0. The van der Waals surface area contributed by atoms with E-state index in [1.54, 1.807) is 0 Å². The highest BCUT2D eigenvalue weighted by Crippen LogP contribution is 2.20. The fourth-order valence-electron chi connectivity index (χ4n) is 1.05. The summed E-state index contributed by atoms with van der Waals surface area (Å²) in [6, 6.07) is 8.93. The molecule has 1 aromatic carbocycles. The van der Waals surface area contributed by atoms with E-state index in [0.29, 0.717) is 5.41 Å². The van der Waals surface area contributed by atoms with Gasteiger partial charge in [-0.15, -0.1) is 4.43 Å².